The van der Waals surface area contributed by atoms with Crippen LogP contribution in [0.2, 0.25) is 0 Å². The van der Waals surface area contributed by atoms with Crippen LogP contribution >= 0.6 is 0 Å². The van der Waals surface area contributed by atoms with Gasteiger partial charge in [-0.2, -0.15) is 5.10 Å². The van der Waals surface area contributed by atoms with Gasteiger partial charge >= 0.3 is 0 Å². The van der Waals surface area contributed by atoms with Crippen LogP contribution in [0.5, 0.6) is 0 Å². The maximum absolute atomic E-state index is 13.8. The van der Waals surface area contributed by atoms with Gasteiger partial charge in [-0.15, -0.1) is 0 Å². The number of hydrogen-bond donors (Lipinski definition) is 3. The number of hydrogen-bond acceptors (Lipinski definition) is 4. The number of halogens is 1. The maximum Gasteiger partial charge on any atom is 0.181 e. The van der Waals surface area contributed by atoms with E-state index in [2.05, 4.69) is 36.5 Å². The van der Waals surface area contributed by atoms with E-state index < -0.39 is 0 Å². The summed E-state index contributed by atoms with van der Waals surface area (Å²) in [6, 6.07) is 12.8. The third kappa shape index (κ3) is 3.18. The summed E-state index contributed by atoms with van der Waals surface area (Å²) in [6.07, 6.45) is 5.93. The molecule has 0 bridgehead atoms. The van der Waals surface area contributed by atoms with E-state index in [-0.39, 0.29) is 5.82 Å². The molecule has 5 aromatic rings. The van der Waals surface area contributed by atoms with E-state index >= 15 is 0 Å². The smallest absolute Gasteiger partial charge is 0.181 e. The van der Waals surface area contributed by atoms with E-state index in [1.54, 1.807) is 18.3 Å². The molecule has 31 heavy (non-hydrogen) atoms. The molecule has 0 aliphatic carbocycles. The van der Waals surface area contributed by atoms with Crippen LogP contribution in [-0.2, 0) is 0 Å². The minimum Gasteiger partial charge on any atom is -0.338 e. The highest BCUT2D eigenvalue weighted by Crippen LogP contribution is 2.34. The predicted molar refractivity (Wildman–Crippen MR) is 119 cm³/mol. The van der Waals surface area contributed by atoms with E-state index in [1.807, 2.05) is 24.4 Å². The van der Waals surface area contributed by atoms with Crippen molar-refractivity contribution in [2.24, 2.45) is 0 Å². The van der Waals surface area contributed by atoms with Crippen LogP contribution in [0.1, 0.15) is 24.3 Å². The van der Waals surface area contributed by atoms with Crippen LogP contribution in [0.15, 0.2) is 54.9 Å². The van der Waals surface area contributed by atoms with Crippen LogP contribution in [0.4, 0.5) is 4.39 Å². The van der Waals surface area contributed by atoms with E-state index in [9.17, 15) is 4.39 Å². The van der Waals surface area contributed by atoms with Crippen LogP contribution in [0.25, 0.3) is 44.6 Å². The molecule has 0 spiro atoms. The number of fused-ring (bicyclic) bond motifs is 2. The summed E-state index contributed by atoms with van der Waals surface area (Å²) in [5, 5.41) is 12.9. The molecule has 1 aliphatic heterocycles. The van der Waals surface area contributed by atoms with Crippen molar-refractivity contribution < 1.29 is 4.39 Å². The Morgan fingerprint density at radius 1 is 0.968 bits per heavy atom. The topological polar surface area (TPSA) is 82.3 Å². The molecule has 1 aromatic carbocycles. The summed E-state index contributed by atoms with van der Waals surface area (Å²) in [4.78, 5) is 12.5. The van der Waals surface area contributed by atoms with Gasteiger partial charge in [-0.1, -0.05) is 12.1 Å². The average Bonchev–Trinajstić information content (AvgIpc) is 3.43. The van der Waals surface area contributed by atoms with Gasteiger partial charge in [0.05, 0.1) is 11.4 Å². The monoisotopic (exact) mass is 412 g/mol. The summed E-state index contributed by atoms with van der Waals surface area (Å²) < 4.78 is 13.8. The fraction of sp³-hybridized carbons (Fsp3) is 0.208. The predicted octanol–water partition coefficient (Wildman–Crippen LogP) is 4.77. The van der Waals surface area contributed by atoms with Crippen molar-refractivity contribution in [3.8, 4) is 22.5 Å². The van der Waals surface area contributed by atoms with Crippen molar-refractivity contribution in [1.29, 1.82) is 0 Å². The summed E-state index contributed by atoms with van der Waals surface area (Å²) in [6.45, 7) is 2.08. The van der Waals surface area contributed by atoms with Crippen LogP contribution in [-0.4, -0.2) is 38.2 Å². The standard InChI is InChI=1S/C24H21FN6/c25-17-3-1-2-15(10-17)18-6-9-27-23-19(18)12-21(29-23)22-20-11-16(13-28-24(20)31-30-22)14-4-7-26-8-5-14/h1-3,6,9-14,26H,4-5,7-8H2,(H,27,29)(H,28,30,31). The lowest BCUT2D eigenvalue weighted by molar-refractivity contribution is 0.460. The zero-order valence-electron chi connectivity index (χ0n) is 16.8. The van der Waals surface area contributed by atoms with Gasteiger partial charge in [-0.25, -0.2) is 14.4 Å². The molecular weight excluding hydrogens is 391 g/mol. The molecule has 6 rings (SSSR count). The zero-order chi connectivity index (χ0) is 20.8. The van der Waals surface area contributed by atoms with Crippen molar-refractivity contribution in [3.05, 3.63) is 66.2 Å². The molecule has 4 aromatic heterocycles. The minimum atomic E-state index is -0.255. The Balaban J connectivity index is 1.47. The fourth-order valence-electron chi connectivity index (χ4n) is 4.57. The normalized spacial score (nSPS) is 15.1. The number of H-pyrrole nitrogens is 2. The number of pyridine rings is 2. The molecule has 0 unspecified atom stereocenters. The summed E-state index contributed by atoms with van der Waals surface area (Å²) in [5.74, 6) is 0.263. The summed E-state index contributed by atoms with van der Waals surface area (Å²) in [5.41, 5.74) is 6.24. The second kappa shape index (κ2) is 7.28. The average molecular weight is 412 g/mol. The largest absolute Gasteiger partial charge is 0.338 e. The quantitative estimate of drug-likeness (QED) is 0.399. The molecule has 0 amide bonds. The van der Waals surface area contributed by atoms with Gasteiger partial charge in [-0.3, -0.25) is 5.10 Å². The van der Waals surface area contributed by atoms with Crippen LogP contribution in [0.3, 0.4) is 0 Å². The first-order valence-corrected chi connectivity index (χ1v) is 10.5. The Morgan fingerprint density at radius 2 is 1.87 bits per heavy atom. The third-order valence-electron chi connectivity index (χ3n) is 6.18. The van der Waals surface area contributed by atoms with Gasteiger partial charge in [-0.05, 0) is 78.9 Å². The molecule has 5 heterocycles. The Labute approximate surface area is 177 Å². The molecule has 1 saturated heterocycles. The molecule has 6 nitrogen and oxygen atoms in total. The van der Waals surface area contributed by atoms with Gasteiger partial charge in [0.15, 0.2) is 5.65 Å². The lowest BCUT2D eigenvalue weighted by atomic mass is 9.91. The van der Waals surface area contributed by atoms with Crippen molar-refractivity contribution in [2.75, 3.05) is 13.1 Å². The second-order valence-corrected chi connectivity index (χ2v) is 8.08. The van der Waals surface area contributed by atoms with Crippen LogP contribution < -0.4 is 5.32 Å². The Kier molecular flexibility index (Phi) is 4.28. The molecule has 0 atom stereocenters. The molecule has 0 radical (unpaired) electrons. The lowest BCUT2D eigenvalue weighted by Gasteiger charge is -2.22. The molecule has 1 aliphatic rings. The number of aromatic amines is 2. The molecule has 7 heteroatoms. The van der Waals surface area contributed by atoms with E-state index in [4.69, 9.17) is 0 Å². The van der Waals surface area contributed by atoms with E-state index in [1.165, 1.54) is 11.6 Å². The van der Waals surface area contributed by atoms with Gasteiger partial charge in [0.2, 0.25) is 0 Å². The fourth-order valence-corrected chi connectivity index (χ4v) is 4.57. The maximum atomic E-state index is 13.8. The van der Waals surface area contributed by atoms with Gasteiger partial charge < -0.3 is 10.3 Å². The zero-order valence-corrected chi connectivity index (χ0v) is 16.8. The number of nitrogens with one attached hydrogen (secondary N) is 3. The van der Waals surface area contributed by atoms with Crippen molar-refractivity contribution in [1.82, 2.24) is 30.5 Å². The first-order chi connectivity index (χ1) is 15.3. The Morgan fingerprint density at radius 3 is 2.74 bits per heavy atom. The number of piperidine rings is 1. The highest BCUT2D eigenvalue weighted by atomic mass is 19.1. The highest BCUT2D eigenvalue weighted by molar-refractivity contribution is 5.99. The van der Waals surface area contributed by atoms with Gasteiger partial charge in [0.1, 0.15) is 11.5 Å². The van der Waals surface area contributed by atoms with E-state index in [0.29, 0.717) is 11.6 Å². The second-order valence-electron chi connectivity index (χ2n) is 8.08. The molecule has 3 N–H and O–H groups in total. The van der Waals surface area contributed by atoms with E-state index in [0.717, 1.165) is 64.9 Å². The van der Waals surface area contributed by atoms with Crippen molar-refractivity contribution in [3.63, 3.8) is 0 Å². The van der Waals surface area contributed by atoms with Gasteiger partial charge in [0.25, 0.3) is 0 Å². The Bertz CT molecular complexity index is 1400. The third-order valence-corrected chi connectivity index (χ3v) is 6.18. The van der Waals surface area contributed by atoms with Gasteiger partial charge in [0, 0.05) is 23.2 Å². The first-order valence-electron chi connectivity index (χ1n) is 10.5. The molecule has 0 saturated carbocycles. The summed E-state index contributed by atoms with van der Waals surface area (Å²) >= 11 is 0. The Hall–Kier alpha value is -3.58. The molecular formula is C24H21FN6. The highest BCUT2D eigenvalue weighted by Gasteiger charge is 2.19. The number of nitrogens with zero attached hydrogens (tertiary/aromatic N) is 3. The summed E-state index contributed by atoms with van der Waals surface area (Å²) in [7, 11) is 0. The minimum absolute atomic E-state index is 0.255. The molecule has 1 fully saturated rings. The number of rotatable bonds is 3. The van der Waals surface area contributed by atoms with Crippen LogP contribution in [0, 0.1) is 5.82 Å². The number of benzene rings is 1. The lowest BCUT2D eigenvalue weighted by Crippen LogP contribution is -2.26. The van der Waals surface area contributed by atoms with Crippen molar-refractivity contribution in [2.45, 2.75) is 18.8 Å². The number of aromatic nitrogens is 5. The molecule has 154 valence electrons. The SMILES string of the molecule is Fc1cccc(-c2ccnc3[nH]c(-c4[nH]nc5ncc(C6CCNCC6)cc45)cc23)c1. The first kappa shape index (κ1) is 18.2. The van der Waals surface area contributed by atoms with Crippen molar-refractivity contribution >= 4 is 22.1 Å².